The maximum absolute atomic E-state index is 6.00. The number of benzene rings is 1. The van der Waals surface area contributed by atoms with Gasteiger partial charge in [0.25, 0.3) is 0 Å². The van der Waals surface area contributed by atoms with Crippen molar-refractivity contribution < 1.29 is 4.74 Å². The lowest BCUT2D eigenvalue weighted by Crippen LogP contribution is -2.06. The summed E-state index contributed by atoms with van der Waals surface area (Å²) in [4.78, 5) is 4.57. The second-order valence-electron chi connectivity index (χ2n) is 4.93. The number of nitrogens with two attached hydrogens (primary N) is 1. The molecule has 0 unspecified atom stereocenters. The molecule has 0 aliphatic carbocycles. The number of hydrogen-bond donors (Lipinski definition) is 1. The van der Waals surface area contributed by atoms with Crippen LogP contribution in [0.15, 0.2) is 48.7 Å². The first-order valence-corrected chi connectivity index (χ1v) is 7.24. The zero-order chi connectivity index (χ0) is 14.7. The van der Waals surface area contributed by atoms with Crippen molar-refractivity contribution in [2.75, 3.05) is 6.54 Å². The van der Waals surface area contributed by atoms with E-state index in [1.165, 1.54) is 5.56 Å². The molecule has 0 atom stereocenters. The Bertz CT molecular complexity index is 749. The number of hydrogen-bond acceptors (Lipinski definition) is 3. The van der Waals surface area contributed by atoms with E-state index in [1.807, 2.05) is 40.9 Å². The first-order chi connectivity index (χ1) is 10.3. The Hall–Kier alpha value is -2.33. The monoisotopic (exact) mass is 281 g/mol. The molecule has 3 rings (SSSR count). The molecule has 0 aliphatic rings. The lowest BCUT2D eigenvalue weighted by Gasteiger charge is -2.07. The van der Waals surface area contributed by atoms with Crippen LogP contribution in [0.5, 0.6) is 11.6 Å². The molecule has 0 bridgehead atoms. The first kappa shape index (κ1) is 13.6. The van der Waals surface area contributed by atoms with E-state index >= 15 is 0 Å². The summed E-state index contributed by atoms with van der Waals surface area (Å²) in [7, 11) is 0. The van der Waals surface area contributed by atoms with E-state index in [2.05, 4.69) is 24.0 Å². The fourth-order valence-electron chi connectivity index (χ4n) is 2.41. The molecule has 4 nitrogen and oxygen atoms in total. The molecular formula is C17H19N3O. The van der Waals surface area contributed by atoms with Crippen molar-refractivity contribution in [3.63, 3.8) is 0 Å². The van der Waals surface area contributed by atoms with Crippen molar-refractivity contribution in [1.82, 2.24) is 9.38 Å². The van der Waals surface area contributed by atoms with Gasteiger partial charge in [0.15, 0.2) is 0 Å². The molecule has 0 radical (unpaired) electrons. The van der Waals surface area contributed by atoms with Gasteiger partial charge in [-0.15, -0.1) is 0 Å². The molecule has 1 aromatic carbocycles. The van der Waals surface area contributed by atoms with Crippen LogP contribution in [0.1, 0.15) is 18.2 Å². The number of pyridine rings is 1. The van der Waals surface area contributed by atoms with Gasteiger partial charge in [-0.2, -0.15) is 4.98 Å². The van der Waals surface area contributed by atoms with Crippen LogP contribution >= 0.6 is 0 Å². The SMILES string of the molecule is CCc1cccc(Oc2nc3ccccn3c2CCN)c1. The molecule has 0 amide bonds. The molecule has 0 saturated carbocycles. The molecule has 3 aromatic rings. The van der Waals surface area contributed by atoms with E-state index in [1.54, 1.807) is 0 Å². The second-order valence-corrected chi connectivity index (χ2v) is 4.93. The maximum Gasteiger partial charge on any atom is 0.241 e. The summed E-state index contributed by atoms with van der Waals surface area (Å²) in [6, 6.07) is 14.0. The molecule has 0 fully saturated rings. The standard InChI is InChI=1S/C17H19N3O/c1-2-13-6-5-7-14(12-13)21-17-15(9-10-18)20-11-4-3-8-16(20)19-17/h3-8,11-12H,2,9-10,18H2,1H3. The van der Waals surface area contributed by atoms with Gasteiger partial charge in [0.2, 0.25) is 5.88 Å². The van der Waals surface area contributed by atoms with Crippen molar-refractivity contribution in [2.24, 2.45) is 5.73 Å². The van der Waals surface area contributed by atoms with Gasteiger partial charge in [-0.3, -0.25) is 0 Å². The van der Waals surface area contributed by atoms with Gasteiger partial charge in [0.05, 0.1) is 5.69 Å². The molecule has 0 saturated heterocycles. The Labute approximate surface area is 124 Å². The Kier molecular flexibility index (Phi) is 3.88. The average molecular weight is 281 g/mol. The van der Waals surface area contributed by atoms with Crippen LogP contribution in [-0.4, -0.2) is 15.9 Å². The summed E-state index contributed by atoms with van der Waals surface area (Å²) in [6.07, 6.45) is 3.70. The molecule has 108 valence electrons. The molecule has 4 heteroatoms. The van der Waals surface area contributed by atoms with Crippen molar-refractivity contribution in [1.29, 1.82) is 0 Å². The van der Waals surface area contributed by atoms with Crippen LogP contribution in [0, 0.1) is 0 Å². The van der Waals surface area contributed by atoms with Crippen LogP contribution in [0.3, 0.4) is 0 Å². The quantitative estimate of drug-likeness (QED) is 0.781. The third-order valence-corrected chi connectivity index (χ3v) is 3.49. The number of aromatic nitrogens is 2. The summed E-state index contributed by atoms with van der Waals surface area (Å²) in [5, 5.41) is 0. The van der Waals surface area contributed by atoms with E-state index in [0.717, 1.165) is 29.9 Å². The number of imidazole rings is 1. The zero-order valence-electron chi connectivity index (χ0n) is 12.1. The smallest absolute Gasteiger partial charge is 0.241 e. The van der Waals surface area contributed by atoms with Crippen LogP contribution in [0.4, 0.5) is 0 Å². The van der Waals surface area contributed by atoms with E-state index < -0.39 is 0 Å². The largest absolute Gasteiger partial charge is 0.437 e. The fourth-order valence-corrected chi connectivity index (χ4v) is 2.41. The molecule has 2 heterocycles. The van der Waals surface area contributed by atoms with Gasteiger partial charge in [0.1, 0.15) is 11.4 Å². The number of ether oxygens (including phenoxy) is 1. The second kappa shape index (κ2) is 5.97. The number of aryl methyl sites for hydroxylation is 1. The highest BCUT2D eigenvalue weighted by Crippen LogP contribution is 2.26. The Balaban J connectivity index is 2.00. The molecular weight excluding hydrogens is 262 g/mol. The molecule has 0 aliphatic heterocycles. The topological polar surface area (TPSA) is 52.5 Å². The van der Waals surface area contributed by atoms with E-state index in [9.17, 15) is 0 Å². The number of nitrogens with zero attached hydrogens (tertiary/aromatic N) is 2. The van der Waals surface area contributed by atoms with E-state index in [4.69, 9.17) is 10.5 Å². The predicted octanol–water partition coefficient (Wildman–Crippen LogP) is 3.19. The van der Waals surface area contributed by atoms with Gasteiger partial charge >= 0.3 is 0 Å². The minimum Gasteiger partial charge on any atom is -0.437 e. The van der Waals surface area contributed by atoms with Crippen molar-refractivity contribution in [3.05, 3.63) is 59.9 Å². The molecule has 0 spiro atoms. The molecule has 2 N–H and O–H groups in total. The maximum atomic E-state index is 6.00. The highest BCUT2D eigenvalue weighted by Gasteiger charge is 2.13. The predicted molar refractivity (Wildman–Crippen MR) is 83.8 cm³/mol. The molecule has 21 heavy (non-hydrogen) atoms. The van der Waals surface area contributed by atoms with Crippen molar-refractivity contribution in [2.45, 2.75) is 19.8 Å². The highest BCUT2D eigenvalue weighted by atomic mass is 16.5. The van der Waals surface area contributed by atoms with Crippen molar-refractivity contribution >= 4 is 5.65 Å². The fraction of sp³-hybridized carbons (Fsp3) is 0.235. The van der Waals surface area contributed by atoms with Gasteiger partial charge in [-0.25, -0.2) is 0 Å². The average Bonchev–Trinajstić information content (AvgIpc) is 2.86. The van der Waals surface area contributed by atoms with Crippen LogP contribution in [0.25, 0.3) is 5.65 Å². The summed E-state index contributed by atoms with van der Waals surface area (Å²) < 4.78 is 8.04. The Morgan fingerprint density at radius 2 is 2.10 bits per heavy atom. The summed E-state index contributed by atoms with van der Waals surface area (Å²) in [6.45, 7) is 2.69. The van der Waals surface area contributed by atoms with Gasteiger partial charge in [-0.1, -0.05) is 25.1 Å². The number of fused-ring (bicyclic) bond motifs is 1. The Morgan fingerprint density at radius 3 is 2.90 bits per heavy atom. The van der Waals surface area contributed by atoms with Gasteiger partial charge < -0.3 is 14.9 Å². The minimum atomic E-state index is 0.564. The van der Waals surface area contributed by atoms with Crippen LogP contribution in [-0.2, 0) is 12.8 Å². The van der Waals surface area contributed by atoms with Crippen LogP contribution in [0.2, 0.25) is 0 Å². The van der Waals surface area contributed by atoms with E-state index in [0.29, 0.717) is 12.4 Å². The Morgan fingerprint density at radius 1 is 1.19 bits per heavy atom. The lowest BCUT2D eigenvalue weighted by atomic mass is 10.2. The minimum absolute atomic E-state index is 0.564. The number of rotatable bonds is 5. The molecule has 2 aromatic heterocycles. The van der Waals surface area contributed by atoms with E-state index in [-0.39, 0.29) is 0 Å². The zero-order valence-corrected chi connectivity index (χ0v) is 12.1. The van der Waals surface area contributed by atoms with Crippen LogP contribution < -0.4 is 10.5 Å². The third-order valence-electron chi connectivity index (χ3n) is 3.49. The summed E-state index contributed by atoms with van der Waals surface area (Å²) in [5.74, 6) is 1.45. The lowest BCUT2D eigenvalue weighted by molar-refractivity contribution is 0.458. The summed E-state index contributed by atoms with van der Waals surface area (Å²) >= 11 is 0. The van der Waals surface area contributed by atoms with Gasteiger partial charge in [-0.05, 0) is 42.8 Å². The first-order valence-electron chi connectivity index (χ1n) is 7.24. The van der Waals surface area contributed by atoms with Crippen molar-refractivity contribution in [3.8, 4) is 11.6 Å². The summed E-state index contributed by atoms with van der Waals surface area (Å²) in [5.41, 5.74) is 8.86. The normalized spacial score (nSPS) is 11.0. The highest BCUT2D eigenvalue weighted by molar-refractivity contribution is 5.47. The van der Waals surface area contributed by atoms with Gasteiger partial charge in [0, 0.05) is 12.6 Å². The third kappa shape index (κ3) is 2.76.